The van der Waals surface area contributed by atoms with Gasteiger partial charge in [-0.3, -0.25) is 14.9 Å². The fraction of sp³-hybridized carbons (Fsp3) is 0.346. The fourth-order valence-electron chi connectivity index (χ4n) is 3.50. The molecule has 1 aliphatic carbocycles. The van der Waals surface area contributed by atoms with Crippen molar-refractivity contribution < 1.29 is 23.8 Å². The molecule has 4 rings (SSSR count). The number of nitrogens with one attached hydrogen (secondary N) is 1. The lowest BCUT2D eigenvalue weighted by molar-refractivity contribution is -0.122. The summed E-state index contributed by atoms with van der Waals surface area (Å²) in [7, 11) is 1.52. The summed E-state index contributed by atoms with van der Waals surface area (Å²) in [4.78, 5) is 31.2. The molecule has 35 heavy (non-hydrogen) atoms. The molecule has 1 fully saturated rings. The van der Waals surface area contributed by atoms with Crippen LogP contribution in [0.1, 0.15) is 37.0 Å². The first-order valence-electron chi connectivity index (χ1n) is 11.5. The molecule has 3 aromatic rings. The largest absolute Gasteiger partial charge is 0.491 e. The predicted molar refractivity (Wildman–Crippen MR) is 136 cm³/mol. The number of aromatic nitrogens is 1. The molecule has 1 aliphatic rings. The third kappa shape index (κ3) is 7.03. The Balaban J connectivity index is 1.52. The maximum absolute atomic E-state index is 12.8. The van der Waals surface area contributed by atoms with Gasteiger partial charge in [-0.25, -0.2) is 4.98 Å². The van der Waals surface area contributed by atoms with Gasteiger partial charge in [-0.2, -0.15) is 0 Å². The molecule has 9 heteroatoms. The minimum atomic E-state index is -0.304. The van der Waals surface area contributed by atoms with E-state index in [4.69, 9.17) is 14.2 Å². The van der Waals surface area contributed by atoms with Crippen LogP contribution in [0.2, 0.25) is 0 Å². The average molecular weight is 496 g/mol. The number of carbonyl (C=O) groups is 2. The minimum Gasteiger partial charge on any atom is -0.491 e. The van der Waals surface area contributed by atoms with Crippen LogP contribution in [-0.4, -0.2) is 43.2 Å². The first-order chi connectivity index (χ1) is 16.9. The van der Waals surface area contributed by atoms with E-state index in [2.05, 4.69) is 10.3 Å². The Kier molecular flexibility index (Phi) is 7.99. The van der Waals surface area contributed by atoms with Crippen LogP contribution in [0.15, 0.2) is 54.0 Å². The van der Waals surface area contributed by atoms with Crippen LogP contribution < -0.4 is 19.7 Å². The predicted octanol–water partition coefficient (Wildman–Crippen LogP) is 5.36. The Morgan fingerprint density at radius 1 is 1.11 bits per heavy atom. The number of methoxy groups -OCH3 is 1. The highest BCUT2D eigenvalue weighted by atomic mass is 32.1. The number of benzene rings is 2. The molecule has 8 nitrogen and oxygen atoms in total. The molecule has 2 amide bonds. The van der Waals surface area contributed by atoms with Gasteiger partial charge >= 0.3 is 0 Å². The molecule has 0 saturated heterocycles. The lowest BCUT2D eigenvalue weighted by atomic mass is 10.2. The summed E-state index contributed by atoms with van der Waals surface area (Å²) in [6.45, 7) is 4.56. The van der Waals surface area contributed by atoms with E-state index in [0.29, 0.717) is 40.4 Å². The number of rotatable bonds is 11. The lowest BCUT2D eigenvalue weighted by Crippen LogP contribution is -2.35. The number of nitrogens with zero attached hydrogens (tertiary/aromatic N) is 2. The van der Waals surface area contributed by atoms with Crippen molar-refractivity contribution in [1.29, 1.82) is 0 Å². The molecule has 1 heterocycles. The van der Waals surface area contributed by atoms with Crippen LogP contribution in [0.5, 0.6) is 17.2 Å². The van der Waals surface area contributed by atoms with Crippen LogP contribution in [0.4, 0.5) is 10.8 Å². The second-order valence-corrected chi connectivity index (χ2v) is 9.52. The summed E-state index contributed by atoms with van der Waals surface area (Å²) >= 11 is 1.34. The molecule has 1 saturated carbocycles. The molecule has 1 aromatic heterocycles. The molecular weight excluding hydrogens is 466 g/mol. The molecule has 0 spiro atoms. The Hall–Kier alpha value is -3.43. The van der Waals surface area contributed by atoms with E-state index in [1.165, 1.54) is 18.4 Å². The van der Waals surface area contributed by atoms with Crippen LogP contribution in [0, 0.1) is 5.92 Å². The van der Waals surface area contributed by atoms with Crippen molar-refractivity contribution in [2.45, 2.75) is 32.8 Å². The molecule has 0 aliphatic heterocycles. The zero-order valence-electron chi connectivity index (χ0n) is 20.0. The molecule has 1 N–H and O–H groups in total. The van der Waals surface area contributed by atoms with Gasteiger partial charge < -0.3 is 19.1 Å². The summed E-state index contributed by atoms with van der Waals surface area (Å²) in [6.07, 6.45) is 3.85. The Bertz CT molecular complexity index is 1140. The van der Waals surface area contributed by atoms with E-state index >= 15 is 0 Å². The van der Waals surface area contributed by atoms with Crippen molar-refractivity contribution in [2.24, 2.45) is 5.92 Å². The molecule has 0 bridgehead atoms. The number of thiazole rings is 1. The van der Waals surface area contributed by atoms with Crippen molar-refractivity contribution in [2.75, 3.05) is 30.5 Å². The fourth-order valence-corrected chi connectivity index (χ4v) is 4.02. The smallest absolute Gasteiger partial charge is 0.257 e. The number of hydrogen-bond donors (Lipinski definition) is 1. The molecule has 0 radical (unpaired) electrons. The Labute approximate surface area is 208 Å². The first-order valence-corrected chi connectivity index (χ1v) is 12.4. The van der Waals surface area contributed by atoms with Crippen LogP contribution in [0.3, 0.4) is 0 Å². The van der Waals surface area contributed by atoms with Crippen molar-refractivity contribution in [3.63, 3.8) is 0 Å². The van der Waals surface area contributed by atoms with E-state index < -0.39 is 0 Å². The number of carbonyl (C=O) groups excluding carboxylic acids is 2. The third-order valence-electron chi connectivity index (χ3n) is 5.26. The molecule has 0 atom stereocenters. The maximum atomic E-state index is 12.8. The highest BCUT2D eigenvalue weighted by Crippen LogP contribution is 2.33. The Morgan fingerprint density at radius 2 is 1.86 bits per heavy atom. The number of ether oxygens (including phenoxy) is 3. The van der Waals surface area contributed by atoms with Gasteiger partial charge in [0.2, 0.25) is 0 Å². The van der Waals surface area contributed by atoms with Crippen molar-refractivity contribution in [3.05, 3.63) is 59.6 Å². The third-order valence-corrected chi connectivity index (χ3v) is 5.95. The van der Waals surface area contributed by atoms with Crippen LogP contribution in [0.25, 0.3) is 0 Å². The van der Waals surface area contributed by atoms with Crippen molar-refractivity contribution in [1.82, 2.24) is 4.98 Å². The second-order valence-electron chi connectivity index (χ2n) is 8.63. The summed E-state index contributed by atoms with van der Waals surface area (Å²) in [6, 6.07) is 12.4. The van der Waals surface area contributed by atoms with Gasteiger partial charge in [0.15, 0.2) is 5.13 Å². The quantitative estimate of drug-likeness (QED) is 0.385. The van der Waals surface area contributed by atoms with Gasteiger partial charge in [-0.1, -0.05) is 0 Å². The average Bonchev–Trinajstić information content (AvgIpc) is 3.50. The minimum absolute atomic E-state index is 0.0411. The summed E-state index contributed by atoms with van der Waals surface area (Å²) in [5.41, 5.74) is 1.19. The first kappa shape index (κ1) is 24.7. The van der Waals surface area contributed by atoms with Gasteiger partial charge in [0, 0.05) is 42.5 Å². The molecular formula is C26H29N3O5S. The zero-order chi connectivity index (χ0) is 24.8. The van der Waals surface area contributed by atoms with E-state index in [1.807, 2.05) is 26.0 Å². The van der Waals surface area contributed by atoms with Gasteiger partial charge in [0.05, 0.1) is 6.10 Å². The number of amides is 2. The van der Waals surface area contributed by atoms with E-state index in [-0.39, 0.29) is 24.5 Å². The van der Waals surface area contributed by atoms with E-state index in [0.717, 1.165) is 18.5 Å². The molecule has 2 aromatic carbocycles. The highest BCUT2D eigenvalue weighted by Gasteiger charge is 2.27. The number of hydrogen-bond acceptors (Lipinski definition) is 7. The van der Waals surface area contributed by atoms with Gasteiger partial charge in [-0.15, -0.1) is 11.3 Å². The summed E-state index contributed by atoms with van der Waals surface area (Å²) in [5, 5.41) is 5.09. The summed E-state index contributed by atoms with van der Waals surface area (Å²) in [5.74, 6) is 1.74. The van der Waals surface area contributed by atoms with Gasteiger partial charge in [-0.05, 0) is 69.0 Å². The van der Waals surface area contributed by atoms with Crippen LogP contribution >= 0.6 is 11.3 Å². The monoisotopic (exact) mass is 495 g/mol. The Morgan fingerprint density at radius 3 is 2.49 bits per heavy atom. The molecule has 184 valence electrons. The normalized spacial score (nSPS) is 12.9. The second kappa shape index (κ2) is 11.3. The number of anilines is 2. The standard InChI is InChI=1S/C26H29N3O5S/c1-17(2)33-22-12-19(25(31)28-26-27-10-11-35-26)13-23(14-22)34-21-8-6-20(7-9-21)29(15-18-4-5-18)24(30)16-32-3/h6-14,17-18H,4-5,15-16H2,1-3H3,(H,27,28,31). The molecule has 0 unspecified atom stereocenters. The lowest BCUT2D eigenvalue weighted by Gasteiger charge is -2.23. The maximum Gasteiger partial charge on any atom is 0.257 e. The van der Waals surface area contributed by atoms with Gasteiger partial charge in [0.25, 0.3) is 11.8 Å². The van der Waals surface area contributed by atoms with Crippen molar-refractivity contribution >= 4 is 34.0 Å². The van der Waals surface area contributed by atoms with E-state index in [9.17, 15) is 9.59 Å². The van der Waals surface area contributed by atoms with E-state index in [1.54, 1.807) is 46.8 Å². The van der Waals surface area contributed by atoms with Crippen LogP contribution in [-0.2, 0) is 9.53 Å². The SMILES string of the molecule is COCC(=O)N(CC1CC1)c1ccc(Oc2cc(OC(C)C)cc(C(=O)Nc3nccs3)c2)cc1. The van der Waals surface area contributed by atoms with Crippen molar-refractivity contribution in [3.8, 4) is 17.2 Å². The zero-order valence-corrected chi connectivity index (χ0v) is 20.8. The summed E-state index contributed by atoms with van der Waals surface area (Å²) < 4.78 is 16.9. The van der Waals surface area contributed by atoms with Gasteiger partial charge in [0.1, 0.15) is 23.9 Å². The highest BCUT2D eigenvalue weighted by molar-refractivity contribution is 7.13. The topological polar surface area (TPSA) is 90.0 Å².